The van der Waals surface area contributed by atoms with Crippen molar-refractivity contribution in [3.8, 4) is 11.5 Å². The lowest BCUT2D eigenvalue weighted by molar-refractivity contribution is -0.0629. The number of hydrogen-bond acceptors (Lipinski definition) is 6. The van der Waals surface area contributed by atoms with E-state index in [0.717, 1.165) is 74.6 Å². The number of nitrogens with one attached hydrogen (secondary N) is 1. The molecule has 1 N–H and O–H groups in total. The van der Waals surface area contributed by atoms with Crippen molar-refractivity contribution in [1.82, 2.24) is 19.8 Å². The maximum atomic E-state index is 14.7. The van der Waals surface area contributed by atoms with Crippen molar-refractivity contribution in [2.45, 2.75) is 64.1 Å². The number of benzene rings is 3. The van der Waals surface area contributed by atoms with Crippen molar-refractivity contribution in [2.75, 3.05) is 37.6 Å². The molecule has 2 aliphatic heterocycles. The Bertz CT molecular complexity index is 2030. The molecule has 0 bridgehead atoms. The predicted octanol–water partition coefficient (Wildman–Crippen LogP) is 8.88. The molecule has 4 heterocycles. The second-order valence-electron chi connectivity index (χ2n) is 15.1. The Morgan fingerprint density at radius 1 is 0.980 bits per heavy atom. The smallest absolute Gasteiger partial charge is 0.153 e. The quantitative estimate of drug-likeness (QED) is 0.156. The number of halogens is 2. The van der Waals surface area contributed by atoms with Gasteiger partial charge >= 0.3 is 0 Å². The molecule has 3 fully saturated rings. The fourth-order valence-corrected chi connectivity index (χ4v) is 8.77. The predicted molar refractivity (Wildman–Crippen MR) is 197 cm³/mol. The molecular formula is C42H45F2N5O2. The van der Waals surface area contributed by atoms with Crippen LogP contribution in [0.5, 0.6) is 11.5 Å². The number of piperazine rings is 1. The lowest BCUT2D eigenvalue weighted by Crippen LogP contribution is -2.60. The van der Waals surface area contributed by atoms with E-state index >= 15 is 0 Å². The number of hydrogen-bond donors (Lipinski definition) is 1. The van der Waals surface area contributed by atoms with Gasteiger partial charge in [-0.05, 0) is 78.5 Å². The molecule has 1 spiro atoms. The Morgan fingerprint density at radius 2 is 1.80 bits per heavy atom. The number of carbonyl (C=O) groups is 1. The second kappa shape index (κ2) is 13.8. The Labute approximate surface area is 298 Å². The number of H-pyrrole nitrogens is 1. The highest BCUT2D eigenvalue weighted by atomic mass is 19.1. The molecule has 2 saturated heterocycles. The van der Waals surface area contributed by atoms with Gasteiger partial charge in [0.25, 0.3) is 0 Å². The van der Waals surface area contributed by atoms with Gasteiger partial charge in [0.05, 0.1) is 11.8 Å². The second-order valence-corrected chi connectivity index (χ2v) is 15.1. The monoisotopic (exact) mass is 689 g/mol. The number of nitrogens with zero attached hydrogens (tertiary/aromatic N) is 4. The van der Waals surface area contributed by atoms with E-state index in [1.807, 2.05) is 36.5 Å². The first-order chi connectivity index (χ1) is 24.8. The van der Waals surface area contributed by atoms with E-state index in [-0.39, 0.29) is 6.04 Å². The first-order valence-corrected chi connectivity index (χ1v) is 18.2. The number of piperidine rings is 1. The SMILES string of the molecule is CC(C)c1ccccc1C1CN(Cc2ccc(F)cc2F)CCN1C1CC2(CCN(c3ccc(C=O)c(Oc4cnc5[nH]ccc5c4)c3)CC2)C1. The third kappa shape index (κ3) is 6.77. The maximum absolute atomic E-state index is 14.7. The molecule has 5 aromatic rings. The lowest BCUT2D eigenvalue weighted by Gasteiger charge is -2.58. The fourth-order valence-electron chi connectivity index (χ4n) is 8.77. The van der Waals surface area contributed by atoms with Crippen LogP contribution in [0.4, 0.5) is 14.5 Å². The molecule has 0 amide bonds. The molecule has 1 atom stereocenters. The van der Waals surface area contributed by atoms with Crippen molar-refractivity contribution in [1.29, 1.82) is 0 Å². The molecule has 51 heavy (non-hydrogen) atoms. The summed E-state index contributed by atoms with van der Waals surface area (Å²) in [6, 6.07) is 23.2. The molecule has 8 rings (SSSR count). The molecule has 7 nitrogen and oxygen atoms in total. The van der Waals surface area contributed by atoms with Crippen LogP contribution in [-0.2, 0) is 6.54 Å². The van der Waals surface area contributed by atoms with Gasteiger partial charge in [0.2, 0.25) is 0 Å². The zero-order valence-corrected chi connectivity index (χ0v) is 29.3. The number of aromatic amines is 1. The molecule has 9 heteroatoms. The van der Waals surface area contributed by atoms with Crippen molar-refractivity contribution in [3.05, 3.63) is 119 Å². The minimum absolute atomic E-state index is 0.214. The number of anilines is 1. The van der Waals surface area contributed by atoms with Gasteiger partial charge in [-0.15, -0.1) is 0 Å². The average Bonchev–Trinajstić information content (AvgIpc) is 3.60. The van der Waals surface area contributed by atoms with E-state index in [0.29, 0.717) is 46.5 Å². The van der Waals surface area contributed by atoms with E-state index in [1.54, 1.807) is 12.3 Å². The van der Waals surface area contributed by atoms with Gasteiger partial charge in [0, 0.05) is 86.3 Å². The van der Waals surface area contributed by atoms with Gasteiger partial charge in [-0.1, -0.05) is 44.2 Å². The number of fused-ring (bicyclic) bond motifs is 1. The van der Waals surface area contributed by atoms with Crippen molar-refractivity contribution in [2.24, 2.45) is 5.41 Å². The van der Waals surface area contributed by atoms with E-state index in [1.165, 1.54) is 30.0 Å². The largest absolute Gasteiger partial charge is 0.455 e. The van der Waals surface area contributed by atoms with Crippen LogP contribution < -0.4 is 9.64 Å². The Kier molecular flexibility index (Phi) is 9.11. The number of rotatable bonds is 9. The standard InChI is InChI=1S/C42H45F2N5O2/c1-28(2)36-5-3-4-6-37(36)39-26-47(25-30-7-9-32(43)20-38(30)44)17-18-49(39)34-22-42(23-34)12-15-48(16-13-42)33-10-8-31(27-50)40(21-33)51-35-19-29-11-14-45-41(29)46-24-35/h3-11,14,19-21,24,27-28,34,39H,12-13,15-18,22-23,25-26H2,1-2H3,(H,45,46). The van der Waals surface area contributed by atoms with E-state index in [9.17, 15) is 13.6 Å². The van der Waals surface area contributed by atoms with Crippen LogP contribution in [0.3, 0.4) is 0 Å². The van der Waals surface area contributed by atoms with Crippen LogP contribution in [-0.4, -0.2) is 64.8 Å². The van der Waals surface area contributed by atoms with Crippen LogP contribution in [0.15, 0.2) is 85.2 Å². The zero-order valence-electron chi connectivity index (χ0n) is 29.3. The van der Waals surface area contributed by atoms with Crippen LogP contribution in [0.25, 0.3) is 11.0 Å². The Morgan fingerprint density at radius 3 is 2.59 bits per heavy atom. The number of aldehydes is 1. The van der Waals surface area contributed by atoms with Crippen molar-refractivity contribution >= 4 is 23.0 Å². The van der Waals surface area contributed by atoms with E-state index < -0.39 is 11.6 Å². The summed E-state index contributed by atoms with van der Waals surface area (Å²) in [6.07, 6.45) is 8.98. The topological polar surface area (TPSA) is 64.7 Å². The third-order valence-corrected chi connectivity index (χ3v) is 11.6. The van der Waals surface area contributed by atoms with Gasteiger partial charge in [-0.2, -0.15) is 0 Å². The molecule has 1 unspecified atom stereocenters. The van der Waals surface area contributed by atoms with Crippen LogP contribution >= 0.6 is 0 Å². The van der Waals surface area contributed by atoms with Crippen molar-refractivity contribution < 1.29 is 18.3 Å². The number of aromatic nitrogens is 2. The Balaban J connectivity index is 0.945. The normalized spacial score (nSPS) is 19.9. The maximum Gasteiger partial charge on any atom is 0.153 e. The molecule has 0 radical (unpaired) electrons. The molecule has 3 aliphatic rings. The summed E-state index contributed by atoms with van der Waals surface area (Å²) in [5.41, 5.74) is 5.99. The molecule has 264 valence electrons. The number of pyridine rings is 1. The molecule has 1 saturated carbocycles. The molecule has 1 aliphatic carbocycles. The third-order valence-electron chi connectivity index (χ3n) is 11.6. The molecular weight excluding hydrogens is 644 g/mol. The first kappa shape index (κ1) is 33.5. The highest BCUT2D eigenvalue weighted by Crippen LogP contribution is 2.53. The van der Waals surface area contributed by atoms with Crippen molar-refractivity contribution in [3.63, 3.8) is 0 Å². The minimum Gasteiger partial charge on any atom is -0.455 e. The molecule has 2 aromatic heterocycles. The summed E-state index contributed by atoms with van der Waals surface area (Å²) < 4.78 is 34.5. The number of ether oxygens (including phenoxy) is 1. The van der Waals surface area contributed by atoms with Gasteiger partial charge in [0.15, 0.2) is 6.29 Å². The summed E-state index contributed by atoms with van der Waals surface area (Å²) in [4.78, 5) is 26.9. The highest BCUT2D eigenvalue weighted by molar-refractivity contribution is 5.81. The highest BCUT2D eigenvalue weighted by Gasteiger charge is 2.50. The summed E-state index contributed by atoms with van der Waals surface area (Å²) in [5, 5.41) is 0.953. The van der Waals surface area contributed by atoms with Gasteiger partial charge in [-0.3, -0.25) is 14.6 Å². The summed E-state index contributed by atoms with van der Waals surface area (Å²) in [6.45, 7) is 9.49. The lowest BCUT2D eigenvalue weighted by atomic mass is 9.59. The van der Waals surface area contributed by atoms with Crippen LogP contribution in [0.1, 0.15) is 78.5 Å². The summed E-state index contributed by atoms with van der Waals surface area (Å²) in [5.74, 6) is 0.522. The Hall–Kier alpha value is -4.60. The van der Waals surface area contributed by atoms with Crippen LogP contribution in [0, 0.1) is 17.0 Å². The zero-order chi connectivity index (χ0) is 35.1. The number of carbonyl (C=O) groups excluding carboxylic acids is 1. The minimum atomic E-state index is -0.538. The van der Waals surface area contributed by atoms with Gasteiger partial charge in [0.1, 0.15) is 28.8 Å². The van der Waals surface area contributed by atoms with Gasteiger partial charge in [-0.25, -0.2) is 13.8 Å². The van der Waals surface area contributed by atoms with E-state index in [4.69, 9.17) is 4.74 Å². The molecule has 3 aromatic carbocycles. The first-order valence-electron chi connectivity index (χ1n) is 18.2. The fraction of sp³-hybridized carbons (Fsp3) is 0.381. The van der Waals surface area contributed by atoms with E-state index in [2.05, 4.69) is 62.8 Å². The van der Waals surface area contributed by atoms with Gasteiger partial charge < -0.3 is 14.6 Å². The average molecular weight is 690 g/mol. The van der Waals surface area contributed by atoms with Crippen LogP contribution in [0.2, 0.25) is 0 Å². The summed E-state index contributed by atoms with van der Waals surface area (Å²) >= 11 is 0. The summed E-state index contributed by atoms with van der Waals surface area (Å²) in [7, 11) is 0.